The number of halogens is 1. The van der Waals surface area contributed by atoms with Gasteiger partial charge in [0.2, 0.25) is 5.82 Å². The fraction of sp³-hybridized carbons (Fsp3) is 0. The minimum Gasteiger partial charge on any atom is -0.334 e. The second-order valence-corrected chi connectivity index (χ2v) is 4.51. The van der Waals surface area contributed by atoms with Crippen LogP contribution in [0.3, 0.4) is 0 Å². The molecule has 0 radical (unpaired) electrons. The van der Waals surface area contributed by atoms with E-state index >= 15 is 0 Å². The zero-order valence-corrected chi connectivity index (χ0v) is 11.1. The van der Waals surface area contributed by atoms with Gasteiger partial charge in [0.15, 0.2) is 0 Å². The van der Waals surface area contributed by atoms with Crippen LogP contribution < -0.4 is 5.32 Å². The Balaban J connectivity index is 2.38. The largest absolute Gasteiger partial charge is 0.334 e. The summed E-state index contributed by atoms with van der Waals surface area (Å²) in [6.07, 6.45) is 1.46. The molecule has 2 aromatic rings. The van der Waals surface area contributed by atoms with E-state index in [1.165, 1.54) is 12.3 Å². The number of nitrogens with zero attached hydrogens (tertiary/aromatic N) is 3. The molecule has 7 heteroatoms. The molecule has 1 N–H and O–H groups in total. The van der Waals surface area contributed by atoms with Crippen molar-refractivity contribution in [3.05, 3.63) is 56.7 Å². The normalized spacial score (nSPS) is 9.68. The number of hydrogen-bond acceptors (Lipinski definition) is 5. The quantitative estimate of drug-likeness (QED) is 0.692. The maximum atomic E-state index is 10.9. The molecule has 0 aliphatic carbocycles. The minimum absolute atomic E-state index is 0.128. The molecule has 6 nitrogen and oxygen atoms in total. The molecule has 0 aliphatic rings. The Morgan fingerprint density at radius 1 is 1.42 bits per heavy atom. The third-order valence-electron chi connectivity index (χ3n) is 2.29. The van der Waals surface area contributed by atoms with E-state index in [9.17, 15) is 10.1 Å². The predicted molar refractivity (Wildman–Crippen MR) is 73.0 cm³/mol. The summed E-state index contributed by atoms with van der Waals surface area (Å²) in [7, 11) is 0. The molecule has 1 aromatic carbocycles. The summed E-state index contributed by atoms with van der Waals surface area (Å²) in [5.41, 5.74) is 0.887. The summed E-state index contributed by atoms with van der Waals surface area (Å²) in [5.74, 6) is 0.128. The van der Waals surface area contributed by atoms with Gasteiger partial charge in [0.25, 0.3) is 0 Å². The molecule has 2 rings (SSSR count). The van der Waals surface area contributed by atoms with E-state index in [2.05, 4.69) is 26.2 Å². The topological polar surface area (TPSA) is 91.8 Å². The molecule has 0 spiro atoms. The van der Waals surface area contributed by atoms with Crippen LogP contribution in [-0.2, 0) is 0 Å². The van der Waals surface area contributed by atoms with Crippen molar-refractivity contribution in [3.8, 4) is 6.07 Å². The summed E-state index contributed by atoms with van der Waals surface area (Å²) < 4.78 is 0.524. The van der Waals surface area contributed by atoms with Gasteiger partial charge in [-0.25, -0.2) is 4.98 Å². The van der Waals surface area contributed by atoms with E-state index in [4.69, 9.17) is 5.26 Å². The molecule has 1 aromatic heterocycles. The highest BCUT2D eigenvalue weighted by Crippen LogP contribution is 2.28. The van der Waals surface area contributed by atoms with Crippen molar-refractivity contribution in [2.45, 2.75) is 0 Å². The number of benzene rings is 1. The van der Waals surface area contributed by atoms with Gasteiger partial charge < -0.3 is 5.32 Å². The Morgan fingerprint density at radius 2 is 2.21 bits per heavy atom. The van der Waals surface area contributed by atoms with Gasteiger partial charge in [-0.3, -0.25) is 10.1 Å². The molecular formula is C12H7BrN4O2. The molecular weight excluding hydrogens is 312 g/mol. The summed E-state index contributed by atoms with van der Waals surface area (Å²) in [6.45, 7) is 0. The van der Waals surface area contributed by atoms with Crippen LogP contribution in [-0.4, -0.2) is 9.91 Å². The van der Waals surface area contributed by atoms with Crippen LogP contribution >= 0.6 is 15.9 Å². The van der Waals surface area contributed by atoms with Crippen molar-refractivity contribution in [2.24, 2.45) is 0 Å². The zero-order chi connectivity index (χ0) is 13.8. The lowest BCUT2D eigenvalue weighted by atomic mass is 10.2. The Kier molecular flexibility index (Phi) is 3.73. The summed E-state index contributed by atoms with van der Waals surface area (Å²) in [6, 6.07) is 9.99. The molecule has 0 fully saturated rings. The molecule has 0 saturated heterocycles. The standard InChI is InChI=1S/C12H7BrN4O2/c13-9-5-11(17(18)19)12(15-7-9)16-10-3-1-2-8(4-10)6-14/h1-5,7H,(H,15,16). The highest BCUT2D eigenvalue weighted by atomic mass is 79.9. The first kappa shape index (κ1) is 13.0. The van der Waals surface area contributed by atoms with Gasteiger partial charge in [0.1, 0.15) is 0 Å². The van der Waals surface area contributed by atoms with Crippen LogP contribution in [0, 0.1) is 21.4 Å². The average Bonchev–Trinajstić information content (AvgIpc) is 2.41. The number of nitriles is 1. The number of pyridine rings is 1. The van der Waals surface area contributed by atoms with E-state index in [0.717, 1.165) is 0 Å². The number of hydrogen-bond donors (Lipinski definition) is 1. The van der Waals surface area contributed by atoms with E-state index in [1.807, 2.05) is 6.07 Å². The number of nitrogens with one attached hydrogen (secondary N) is 1. The molecule has 0 unspecified atom stereocenters. The highest BCUT2D eigenvalue weighted by molar-refractivity contribution is 9.10. The lowest BCUT2D eigenvalue weighted by molar-refractivity contribution is -0.384. The van der Waals surface area contributed by atoms with Gasteiger partial charge in [0.05, 0.1) is 16.6 Å². The fourth-order valence-electron chi connectivity index (χ4n) is 1.47. The van der Waals surface area contributed by atoms with Crippen LogP contribution in [0.25, 0.3) is 0 Å². The van der Waals surface area contributed by atoms with Crippen molar-refractivity contribution in [1.29, 1.82) is 5.26 Å². The van der Waals surface area contributed by atoms with E-state index < -0.39 is 4.92 Å². The van der Waals surface area contributed by atoms with Crippen LogP contribution in [0.4, 0.5) is 17.2 Å². The maximum Gasteiger partial charge on any atom is 0.312 e. The first-order valence-corrected chi connectivity index (χ1v) is 5.96. The summed E-state index contributed by atoms with van der Waals surface area (Å²) in [4.78, 5) is 14.4. The van der Waals surface area contributed by atoms with Crippen LogP contribution in [0.1, 0.15) is 5.56 Å². The second-order valence-electron chi connectivity index (χ2n) is 3.60. The van der Waals surface area contributed by atoms with Gasteiger partial charge in [0, 0.05) is 22.4 Å². The average molecular weight is 319 g/mol. The number of aromatic nitrogens is 1. The SMILES string of the molecule is N#Cc1cccc(Nc2ncc(Br)cc2[N+](=O)[O-])c1. The lowest BCUT2D eigenvalue weighted by Gasteiger charge is -2.06. The van der Waals surface area contributed by atoms with E-state index in [1.54, 1.807) is 24.3 Å². The van der Waals surface area contributed by atoms with Crippen molar-refractivity contribution in [3.63, 3.8) is 0 Å². The van der Waals surface area contributed by atoms with Crippen molar-refractivity contribution in [2.75, 3.05) is 5.32 Å². The molecule has 0 bridgehead atoms. The van der Waals surface area contributed by atoms with Crippen molar-refractivity contribution >= 4 is 33.1 Å². The number of rotatable bonds is 3. The van der Waals surface area contributed by atoms with Gasteiger partial charge in [-0.2, -0.15) is 5.26 Å². The number of nitro groups is 1. The third-order valence-corrected chi connectivity index (χ3v) is 2.72. The molecule has 19 heavy (non-hydrogen) atoms. The van der Waals surface area contributed by atoms with Gasteiger partial charge >= 0.3 is 5.69 Å². The Morgan fingerprint density at radius 3 is 2.89 bits per heavy atom. The first-order valence-electron chi connectivity index (χ1n) is 5.17. The highest BCUT2D eigenvalue weighted by Gasteiger charge is 2.16. The van der Waals surface area contributed by atoms with Crippen LogP contribution in [0.15, 0.2) is 41.0 Å². The number of anilines is 2. The Labute approximate surface area is 117 Å². The smallest absolute Gasteiger partial charge is 0.312 e. The van der Waals surface area contributed by atoms with E-state index in [0.29, 0.717) is 15.7 Å². The van der Waals surface area contributed by atoms with Crippen LogP contribution in [0.2, 0.25) is 0 Å². The molecule has 94 valence electrons. The molecule has 0 atom stereocenters. The Hall–Kier alpha value is -2.46. The Bertz CT molecular complexity index is 682. The van der Waals surface area contributed by atoms with Crippen LogP contribution in [0.5, 0.6) is 0 Å². The third kappa shape index (κ3) is 3.05. The maximum absolute atomic E-state index is 10.9. The van der Waals surface area contributed by atoms with Gasteiger partial charge in [-0.05, 0) is 34.1 Å². The first-order chi connectivity index (χ1) is 9.10. The van der Waals surface area contributed by atoms with Gasteiger partial charge in [-0.15, -0.1) is 0 Å². The molecule has 1 heterocycles. The predicted octanol–water partition coefficient (Wildman–Crippen LogP) is 3.37. The zero-order valence-electron chi connectivity index (χ0n) is 9.50. The fourth-order valence-corrected chi connectivity index (χ4v) is 1.79. The molecule has 0 aliphatic heterocycles. The van der Waals surface area contributed by atoms with Gasteiger partial charge in [-0.1, -0.05) is 6.07 Å². The lowest BCUT2D eigenvalue weighted by Crippen LogP contribution is -1.99. The van der Waals surface area contributed by atoms with E-state index in [-0.39, 0.29) is 11.5 Å². The second kappa shape index (κ2) is 5.46. The summed E-state index contributed by atoms with van der Waals surface area (Å²) in [5, 5.41) is 22.6. The molecule has 0 amide bonds. The summed E-state index contributed by atoms with van der Waals surface area (Å²) >= 11 is 3.14. The minimum atomic E-state index is -0.520. The molecule has 0 saturated carbocycles. The van der Waals surface area contributed by atoms with Crippen molar-refractivity contribution in [1.82, 2.24) is 4.98 Å². The monoisotopic (exact) mass is 318 g/mol. The van der Waals surface area contributed by atoms with Crippen molar-refractivity contribution < 1.29 is 4.92 Å².